The zero-order chi connectivity index (χ0) is 20.3. The number of hydrogen-bond donors (Lipinski definition) is 0. The lowest BCUT2D eigenvalue weighted by atomic mass is 9.94. The van der Waals surface area contributed by atoms with Gasteiger partial charge in [-0.25, -0.2) is 9.78 Å². The third kappa shape index (κ3) is 5.18. The van der Waals surface area contributed by atoms with E-state index in [4.69, 9.17) is 19.5 Å². The van der Waals surface area contributed by atoms with Gasteiger partial charge in [0.15, 0.2) is 11.4 Å². The van der Waals surface area contributed by atoms with Crippen molar-refractivity contribution < 1.29 is 19.0 Å². The lowest BCUT2D eigenvalue weighted by molar-refractivity contribution is -0.0662. The van der Waals surface area contributed by atoms with Crippen molar-refractivity contribution in [3.8, 4) is 11.8 Å². The second-order valence-corrected chi connectivity index (χ2v) is 8.62. The van der Waals surface area contributed by atoms with Crippen molar-refractivity contribution in [2.75, 3.05) is 13.1 Å². The molecule has 2 aliphatic carbocycles. The van der Waals surface area contributed by atoms with Gasteiger partial charge in [0.2, 0.25) is 0 Å². The first-order valence-electron chi connectivity index (χ1n) is 10.7. The number of nitriles is 1. The Labute approximate surface area is 171 Å². The average molecular weight is 399 g/mol. The number of likely N-dealkylation sites (tertiary alicyclic amines) is 1. The molecule has 2 heterocycles. The van der Waals surface area contributed by atoms with Gasteiger partial charge in [0.05, 0.1) is 18.3 Å². The van der Waals surface area contributed by atoms with Gasteiger partial charge in [-0.3, -0.25) is 0 Å². The SMILES string of the molecule is CC1(OC(=O)N2CCC(OC3CCC(Oc4cccnc4C#N)CC3)CC2)CC1. The largest absolute Gasteiger partial charge is 0.487 e. The number of pyridine rings is 1. The van der Waals surface area contributed by atoms with Gasteiger partial charge in [-0.15, -0.1) is 0 Å². The minimum atomic E-state index is -0.213. The number of carbonyl (C=O) groups is 1. The van der Waals surface area contributed by atoms with E-state index in [0.29, 0.717) is 24.5 Å². The molecule has 1 amide bonds. The summed E-state index contributed by atoms with van der Waals surface area (Å²) < 4.78 is 17.9. The molecule has 0 atom stereocenters. The Morgan fingerprint density at radius 2 is 1.79 bits per heavy atom. The smallest absolute Gasteiger partial charge is 0.410 e. The summed E-state index contributed by atoms with van der Waals surface area (Å²) >= 11 is 0. The molecule has 4 rings (SSSR count). The fourth-order valence-corrected chi connectivity index (χ4v) is 4.04. The Bertz CT molecular complexity index is 758. The molecule has 7 heteroatoms. The topological polar surface area (TPSA) is 84.7 Å². The highest BCUT2D eigenvalue weighted by Gasteiger charge is 2.43. The third-order valence-corrected chi connectivity index (χ3v) is 6.16. The van der Waals surface area contributed by atoms with Gasteiger partial charge in [-0.1, -0.05) is 0 Å². The molecule has 3 aliphatic rings. The van der Waals surface area contributed by atoms with Crippen molar-refractivity contribution in [1.82, 2.24) is 9.88 Å². The van der Waals surface area contributed by atoms with Gasteiger partial charge in [0.25, 0.3) is 0 Å². The monoisotopic (exact) mass is 399 g/mol. The number of amides is 1. The van der Waals surface area contributed by atoms with Crippen LogP contribution in [0, 0.1) is 11.3 Å². The molecule has 3 fully saturated rings. The minimum Gasteiger partial charge on any atom is -0.487 e. The van der Waals surface area contributed by atoms with Gasteiger partial charge >= 0.3 is 6.09 Å². The van der Waals surface area contributed by atoms with Crippen molar-refractivity contribution in [3.63, 3.8) is 0 Å². The molecular formula is C22H29N3O4. The molecule has 0 N–H and O–H groups in total. The van der Waals surface area contributed by atoms with Gasteiger partial charge < -0.3 is 19.1 Å². The number of rotatable bonds is 5. The molecule has 1 aliphatic heterocycles. The number of nitrogens with zero attached hydrogens (tertiary/aromatic N) is 3. The molecule has 0 aromatic carbocycles. The fraction of sp³-hybridized carbons (Fsp3) is 0.682. The standard InChI is InChI=1S/C22H29N3O4/c1-22(10-11-22)29-21(26)25-13-8-18(9-14-25)27-16-4-6-17(7-5-16)28-20-3-2-12-24-19(20)15-23/h2-3,12,16-18H,4-11,13-14H2,1H3. The first-order valence-corrected chi connectivity index (χ1v) is 10.7. The van der Waals surface area contributed by atoms with Crippen LogP contribution in [0.1, 0.15) is 64.0 Å². The normalized spacial score (nSPS) is 26.4. The van der Waals surface area contributed by atoms with Crippen LogP contribution in [-0.2, 0) is 9.47 Å². The van der Waals surface area contributed by atoms with Crippen LogP contribution in [0.3, 0.4) is 0 Å². The molecule has 0 spiro atoms. The molecule has 0 unspecified atom stereocenters. The van der Waals surface area contributed by atoms with E-state index in [-0.39, 0.29) is 30.0 Å². The Balaban J connectivity index is 1.17. The minimum absolute atomic E-state index is 0.103. The number of hydrogen-bond acceptors (Lipinski definition) is 6. The molecule has 1 saturated heterocycles. The van der Waals surface area contributed by atoms with Gasteiger partial charge in [-0.2, -0.15) is 5.26 Å². The van der Waals surface area contributed by atoms with Crippen molar-refractivity contribution in [2.45, 2.75) is 82.2 Å². The fourth-order valence-electron chi connectivity index (χ4n) is 4.04. The lowest BCUT2D eigenvalue weighted by Crippen LogP contribution is -2.43. The van der Waals surface area contributed by atoms with E-state index in [1.807, 2.05) is 11.8 Å². The molecule has 156 valence electrons. The average Bonchev–Trinajstić information content (AvgIpc) is 3.47. The van der Waals surface area contributed by atoms with E-state index in [9.17, 15) is 4.79 Å². The summed E-state index contributed by atoms with van der Waals surface area (Å²) in [6, 6.07) is 5.67. The summed E-state index contributed by atoms with van der Waals surface area (Å²) in [6.07, 6.45) is 9.39. The lowest BCUT2D eigenvalue weighted by Gasteiger charge is -2.36. The Kier molecular flexibility index (Phi) is 5.91. The van der Waals surface area contributed by atoms with Crippen LogP contribution in [0.15, 0.2) is 18.3 Å². The summed E-state index contributed by atoms with van der Waals surface area (Å²) in [4.78, 5) is 18.1. The maximum atomic E-state index is 12.2. The second-order valence-electron chi connectivity index (χ2n) is 8.62. The third-order valence-electron chi connectivity index (χ3n) is 6.16. The van der Waals surface area contributed by atoms with E-state index in [2.05, 4.69) is 11.1 Å². The van der Waals surface area contributed by atoms with Crippen molar-refractivity contribution in [2.24, 2.45) is 0 Å². The van der Waals surface area contributed by atoms with Gasteiger partial charge in [-0.05, 0) is 70.4 Å². The van der Waals surface area contributed by atoms with Crippen LogP contribution in [0.5, 0.6) is 5.75 Å². The number of aromatic nitrogens is 1. The predicted octanol–water partition coefficient (Wildman–Crippen LogP) is 3.81. The molecule has 2 saturated carbocycles. The van der Waals surface area contributed by atoms with E-state index in [1.54, 1.807) is 18.3 Å². The van der Waals surface area contributed by atoms with Crippen LogP contribution >= 0.6 is 0 Å². The zero-order valence-corrected chi connectivity index (χ0v) is 17.0. The first kappa shape index (κ1) is 20.0. The molecule has 1 aromatic heterocycles. The summed E-state index contributed by atoms with van der Waals surface area (Å²) in [5.74, 6) is 0.568. The van der Waals surface area contributed by atoms with Gasteiger partial charge in [0.1, 0.15) is 11.7 Å². The van der Waals surface area contributed by atoms with Crippen molar-refractivity contribution >= 4 is 6.09 Å². The Hall–Kier alpha value is -2.33. The van der Waals surface area contributed by atoms with E-state index >= 15 is 0 Å². The first-order chi connectivity index (χ1) is 14.0. The molecule has 1 aromatic rings. The quantitative estimate of drug-likeness (QED) is 0.748. The Morgan fingerprint density at radius 1 is 1.14 bits per heavy atom. The van der Waals surface area contributed by atoms with Crippen LogP contribution < -0.4 is 4.74 Å². The van der Waals surface area contributed by atoms with Crippen molar-refractivity contribution in [3.05, 3.63) is 24.0 Å². The maximum Gasteiger partial charge on any atom is 0.410 e. The molecule has 0 radical (unpaired) electrons. The molecular weight excluding hydrogens is 370 g/mol. The van der Waals surface area contributed by atoms with Crippen LogP contribution in [0.25, 0.3) is 0 Å². The van der Waals surface area contributed by atoms with Crippen LogP contribution in [0.4, 0.5) is 4.79 Å². The summed E-state index contributed by atoms with van der Waals surface area (Å²) in [5, 5.41) is 9.14. The van der Waals surface area contributed by atoms with E-state index < -0.39 is 0 Å². The highest BCUT2D eigenvalue weighted by atomic mass is 16.6. The van der Waals surface area contributed by atoms with E-state index in [1.165, 1.54) is 0 Å². The predicted molar refractivity (Wildman–Crippen MR) is 105 cm³/mol. The van der Waals surface area contributed by atoms with Gasteiger partial charge in [0, 0.05) is 19.3 Å². The maximum absolute atomic E-state index is 12.2. The number of piperidine rings is 1. The summed E-state index contributed by atoms with van der Waals surface area (Å²) in [5.41, 5.74) is 0.126. The highest BCUT2D eigenvalue weighted by Crippen LogP contribution is 2.39. The summed E-state index contributed by atoms with van der Waals surface area (Å²) in [7, 11) is 0. The molecule has 7 nitrogen and oxygen atoms in total. The molecule has 0 bridgehead atoms. The highest BCUT2D eigenvalue weighted by molar-refractivity contribution is 5.68. The van der Waals surface area contributed by atoms with E-state index in [0.717, 1.165) is 51.4 Å². The number of carbonyl (C=O) groups excluding carboxylic acids is 1. The number of ether oxygens (including phenoxy) is 3. The van der Waals surface area contributed by atoms with Crippen LogP contribution in [0.2, 0.25) is 0 Å². The van der Waals surface area contributed by atoms with Crippen LogP contribution in [-0.4, -0.2) is 53.0 Å². The van der Waals surface area contributed by atoms with Crippen molar-refractivity contribution in [1.29, 1.82) is 5.26 Å². The Morgan fingerprint density at radius 3 is 2.45 bits per heavy atom. The molecule has 29 heavy (non-hydrogen) atoms. The zero-order valence-electron chi connectivity index (χ0n) is 17.0. The second kappa shape index (κ2) is 8.58. The summed E-state index contributed by atoms with van der Waals surface area (Å²) in [6.45, 7) is 3.40.